The van der Waals surface area contributed by atoms with Crippen LogP contribution in [0.25, 0.3) is 11.1 Å². The standard InChI is InChI=1S/C26H28N2O2/c1-2-3-6-15-25(23-13-9-5-10-14-23)27-28-26(29)20-30-24-18-16-22(17-19-24)21-11-7-4-8-12-21/h4-5,7-14,16-19H,2-3,6,15,20H2,1H3,(H,28,29). The molecule has 0 aliphatic rings. The molecule has 0 saturated carbocycles. The number of ether oxygens (including phenoxy) is 1. The Morgan fingerprint density at radius 3 is 2.13 bits per heavy atom. The van der Waals surface area contributed by atoms with Gasteiger partial charge in [0, 0.05) is 0 Å². The average Bonchev–Trinajstić information content (AvgIpc) is 2.81. The molecule has 4 nitrogen and oxygen atoms in total. The van der Waals surface area contributed by atoms with Crippen molar-refractivity contribution in [1.82, 2.24) is 5.43 Å². The molecule has 0 aliphatic heterocycles. The third kappa shape index (κ3) is 6.59. The van der Waals surface area contributed by atoms with Gasteiger partial charge in [-0.3, -0.25) is 4.79 Å². The fourth-order valence-electron chi connectivity index (χ4n) is 3.12. The molecule has 0 unspecified atom stereocenters. The molecule has 3 aromatic rings. The van der Waals surface area contributed by atoms with E-state index in [0.717, 1.165) is 48.1 Å². The summed E-state index contributed by atoms with van der Waals surface area (Å²) in [6.07, 6.45) is 4.16. The van der Waals surface area contributed by atoms with Crippen molar-refractivity contribution in [2.45, 2.75) is 32.6 Å². The van der Waals surface area contributed by atoms with Crippen LogP contribution in [0.1, 0.15) is 38.2 Å². The molecule has 1 amide bonds. The fraction of sp³-hybridized carbons (Fsp3) is 0.231. The van der Waals surface area contributed by atoms with Crippen LogP contribution >= 0.6 is 0 Å². The van der Waals surface area contributed by atoms with Crippen LogP contribution in [-0.4, -0.2) is 18.2 Å². The summed E-state index contributed by atoms with van der Waals surface area (Å²) in [6.45, 7) is 2.09. The van der Waals surface area contributed by atoms with Crippen molar-refractivity contribution < 1.29 is 9.53 Å². The first kappa shape index (κ1) is 21.3. The summed E-state index contributed by atoms with van der Waals surface area (Å²) in [4.78, 5) is 12.2. The lowest BCUT2D eigenvalue weighted by Gasteiger charge is -2.09. The Morgan fingerprint density at radius 2 is 1.47 bits per heavy atom. The van der Waals surface area contributed by atoms with Crippen LogP contribution < -0.4 is 10.2 Å². The Kier molecular flexibility index (Phi) is 8.22. The van der Waals surface area contributed by atoms with Gasteiger partial charge >= 0.3 is 0 Å². The summed E-state index contributed by atoms with van der Waals surface area (Å²) in [6, 6.07) is 27.8. The predicted octanol–water partition coefficient (Wildman–Crippen LogP) is 5.83. The molecule has 0 atom stereocenters. The topological polar surface area (TPSA) is 50.7 Å². The molecule has 4 heteroatoms. The van der Waals surface area contributed by atoms with E-state index in [9.17, 15) is 4.79 Å². The van der Waals surface area contributed by atoms with Crippen LogP contribution in [0.3, 0.4) is 0 Å². The van der Waals surface area contributed by atoms with Crippen LogP contribution in [0.4, 0.5) is 0 Å². The molecule has 0 fully saturated rings. The minimum atomic E-state index is -0.272. The maximum Gasteiger partial charge on any atom is 0.277 e. The van der Waals surface area contributed by atoms with E-state index >= 15 is 0 Å². The van der Waals surface area contributed by atoms with Gasteiger partial charge in [0.05, 0.1) is 5.71 Å². The molecule has 0 saturated heterocycles. The van der Waals surface area contributed by atoms with Crippen molar-refractivity contribution in [2.75, 3.05) is 6.61 Å². The molecule has 0 heterocycles. The average molecular weight is 401 g/mol. The highest BCUT2D eigenvalue weighted by Crippen LogP contribution is 2.22. The second kappa shape index (κ2) is 11.6. The number of benzene rings is 3. The summed E-state index contributed by atoms with van der Waals surface area (Å²) < 4.78 is 5.61. The third-order valence-electron chi connectivity index (χ3n) is 4.77. The van der Waals surface area contributed by atoms with Crippen LogP contribution in [0.5, 0.6) is 5.75 Å². The van der Waals surface area contributed by atoms with E-state index < -0.39 is 0 Å². The van der Waals surface area contributed by atoms with Gasteiger partial charge in [-0.1, -0.05) is 92.6 Å². The van der Waals surface area contributed by atoms with Crippen LogP contribution in [0.15, 0.2) is 90.0 Å². The lowest BCUT2D eigenvalue weighted by molar-refractivity contribution is -0.123. The first-order valence-corrected chi connectivity index (χ1v) is 10.5. The third-order valence-corrected chi connectivity index (χ3v) is 4.77. The number of amides is 1. The van der Waals surface area contributed by atoms with Crippen molar-refractivity contribution in [2.24, 2.45) is 5.10 Å². The number of hydrogen-bond donors (Lipinski definition) is 1. The summed E-state index contributed by atoms with van der Waals surface area (Å²) in [5.41, 5.74) is 6.82. The van der Waals surface area contributed by atoms with Crippen LogP contribution in [0.2, 0.25) is 0 Å². The Labute approximate surface area is 178 Å². The minimum Gasteiger partial charge on any atom is -0.484 e. The summed E-state index contributed by atoms with van der Waals surface area (Å²) in [5, 5.41) is 4.37. The van der Waals surface area contributed by atoms with Crippen molar-refractivity contribution in [3.63, 3.8) is 0 Å². The van der Waals surface area contributed by atoms with Gasteiger partial charge in [-0.15, -0.1) is 0 Å². The normalized spacial score (nSPS) is 11.2. The van der Waals surface area contributed by atoms with E-state index in [0.29, 0.717) is 5.75 Å². The molecule has 0 aromatic heterocycles. The molecule has 30 heavy (non-hydrogen) atoms. The van der Waals surface area contributed by atoms with Crippen molar-refractivity contribution >= 4 is 11.6 Å². The molecule has 1 N–H and O–H groups in total. The van der Waals surface area contributed by atoms with E-state index in [4.69, 9.17) is 4.74 Å². The van der Waals surface area contributed by atoms with Gasteiger partial charge in [-0.25, -0.2) is 5.43 Å². The first-order valence-electron chi connectivity index (χ1n) is 10.5. The monoisotopic (exact) mass is 400 g/mol. The lowest BCUT2D eigenvalue weighted by Crippen LogP contribution is -2.26. The maximum absolute atomic E-state index is 12.2. The quantitative estimate of drug-likeness (QED) is 0.264. The van der Waals surface area contributed by atoms with Gasteiger partial charge in [0.25, 0.3) is 5.91 Å². The van der Waals surface area contributed by atoms with E-state index in [2.05, 4.69) is 29.6 Å². The largest absolute Gasteiger partial charge is 0.484 e. The van der Waals surface area contributed by atoms with Crippen molar-refractivity contribution in [3.05, 3.63) is 90.5 Å². The Balaban J connectivity index is 1.54. The van der Waals surface area contributed by atoms with E-state index in [-0.39, 0.29) is 12.5 Å². The van der Waals surface area contributed by atoms with Gasteiger partial charge in [0.2, 0.25) is 0 Å². The number of nitrogens with zero attached hydrogens (tertiary/aromatic N) is 1. The Bertz CT molecular complexity index is 936. The van der Waals surface area contributed by atoms with E-state index in [1.165, 1.54) is 0 Å². The molecule has 154 valence electrons. The van der Waals surface area contributed by atoms with E-state index in [1.807, 2.05) is 72.8 Å². The van der Waals surface area contributed by atoms with Gasteiger partial charge in [-0.05, 0) is 41.7 Å². The van der Waals surface area contributed by atoms with Gasteiger partial charge in [0.1, 0.15) is 5.75 Å². The fourth-order valence-corrected chi connectivity index (χ4v) is 3.12. The highest BCUT2D eigenvalue weighted by Gasteiger charge is 2.06. The molecular formula is C26H28N2O2. The number of nitrogens with one attached hydrogen (secondary N) is 1. The molecule has 0 aliphatic carbocycles. The zero-order chi connectivity index (χ0) is 21.0. The smallest absolute Gasteiger partial charge is 0.277 e. The highest BCUT2D eigenvalue weighted by molar-refractivity contribution is 6.01. The first-order chi connectivity index (χ1) is 14.8. The molecular weight excluding hydrogens is 372 g/mol. The molecule has 0 bridgehead atoms. The summed E-state index contributed by atoms with van der Waals surface area (Å²) in [7, 11) is 0. The van der Waals surface area contributed by atoms with Gasteiger partial charge in [-0.2, -0.15) is 5.10 Å². The van der Waals surface area contributed by atoms with E-state index in [1.54, 1.807) is 0 Å². The van der Waals surface area contributed by atoms with Crippen molar-refractivity contribution in [1.29, 1.82) is 0 Å². The minimum absolute atomic E-state index is 0.0782. The highest BCUT2D eigenvalue weighted by atomic mass is 16.5. The van der Waals surface area contributed by atoms with Crippen molar-refractivity contribution in [3.8, 4) is 16.9 Å². The second-order valence-electron chi connectivity index (χ2n) is 7.10. The second-order valence-corrected chi connectivity index (χ2v) is 7.10. The number of hydrazone groups is 1. The van der Waals surface area contributed by atoms with Gasteiger partial charge in [0.15, 0.2) is 6.61 Å². The van der Waals surface area contributed by atoms with Gasteiger partial charge < -0.3 is 4.74 Å². The number of carbonyl (C=O) groups excluding carboxylic acids is 1. The number of carbonyl (C=O) groups is 1. The lowest BCUT2D eigenvalue weighted by atomic mass is 10.0. The SMILES string of the molecule is CCCCCC(=NNC(=O)COc1ccc(-c2ccccc2)cc1)c1ccccc1. The zero-order valence-electron chi connectivity index (χ0n) is 17.4. The summed E-state index contributed by atoms with van der Waals surface area (Å²) >= 11 is 0. The molecule has 3 aromatic carbocycles. The molecule has 0 spiro atoms. The van der Waals surface area contributed by atoms with Crippen LogP contribution in [-0.2, 0) is 4.79 Å². The predicted molar refractivity (Wildman–Crippen MR) is 123 cm³/mol. The zero-order valence-corrected chi connectivity index (χ0v) is 17.4. The molecule has 0 radical (unpaired) electrons. The number of hydrogen-bond acceptors (Lipinski definition) is 3. The Hall–Kier alpha value is -3.40. The summed E-state index contributed by atoms with van der Waals surface area (Å²) in [5.74, 6) is 0.381. The number of unbranched alkanes of at least 4 members (excludes halogenated alkanes) is 2. The number of rotatable bonds is 10. The Morgan fingerprint density at radius 1 is 0.833 bits per heavy atom. The van der Waals surface area contributed by atoms with Crippen LogP contribution in [0, 0.1) is 0 Å². The maximum atomic E-state index is 12.2. The molecule has 3 rings (SSSR count).